The van der Waals surface area contributed by atoms with Gasteiger partial charge in [-0.25, -0.2) is 0 Å². The van der Waals surface area contributed by atoms with E-state index >= 15 is 0 Å². The summed E-state index contributed by atoms with van der Waals surface area (Å²) in [6.07, 6.45) is 3.90. The van der Waals surface area contributed by atoms with Crippen molar-refractivity contribution in [1.29, 1.82) is 0 Å². The normalized spacial score (nSPS) is 12.7. The Morgan fingerprint density at radius 2 is 1.43 bits per heavy atom. The van der Waals surface area contributed by atoms with Crippen LogP contribution in [-0.2, 0) is 10.3 Å². The van der Waals surface area contributed by atoms with E-state index in [4.69, 9.17) is 17.2 Å². The number of carbonyl (C=O) groups is 3. The highest BCUT2D eigenvalue weighted by atomic mass is 16.2. The second-order valence-corrected chi connectivity index (χ2v) is 7.73. The number of hydrogen-bond donors (Lipinski definition) is 5. The average Bonchev–Trinajstić information content (AvgIpc) is 3.34. The van der Waals surface area contributed by atoms with E-state index < -0.39 is 23.3 Å². The minimum atomic E-state index is -1.06. The fourth-order valence-electron chi connectivity index (χ4n) is 4.10. The second kappa shape index (κ2) is 9.14. The third-order valence-corrected chi connectivity index (χ3v) is 5.49. The molecule has 0 aliphatic rings. The van der Waals surface area contributed by atoms with Gasteiger partial charge >= 0.3 is 0 Å². The van der Waals surface area contributed by atoms with E-state index in [2.05, 4.69) is 9.97 Å². The maximum absolute atomic E-state index is 13.0. The molecule has 0 spiro atoms. The average molecular weight is 418 g/mol. The third kappa shape index (κ3) is 4.10. The molecule has 0 aliphatic heterocycles. The van der Waals surface area contributed by atoms with Gasteiger partial charge in [0.25, 0.3) is 11.8 Å². The predicted octanol–water partition coefficient (Wildman–Crippen LogP) is -0.211. The van der Waals surface area contributed by atoms with Gasteiger partial charge in [0, 0.05) is 43.5 Å². The van der Waals surface area contributed by atoms with Gasteiger partial charge in [-0.2, -0.15) is 0 Å². The molecule has 1 unspecified atom stereocenters. The molecule has 0 radical (unpaired) electrons. The Morgan fingerprint density at radius 3 is 1.77 bits per heavy atom. The van der Waals surface area contributed by atoms with Crippen molar-refractivity contribution < 1.29 is 14.4 Å². The molecule has 2 heterocycles. The first-order valence-electron chi connectivity index (χ1n) is 9.61. The maximum Gasteiger partial charge on any atom is 0.265 e. The van der Waals surface area contributed by atoms with Crippen LogP contribution < -0.4 is 17.2 Å². The number of hydrogen-bond acceptors (Lipinski definition) is 5. The summed E-state index contributed by atoms with van der Waals surface area (Å²) in [7, 11) is 6.99. The number of carbonyl (C=O) groups excluding carboxylic acids is 3. The van der Waals surface area contributed by atoms with Crippen LogP contribution in [0, 0.1) is 5.92 Å². The molecule has 1 atom stereocenters. The van der Waals surface area contributed by atoms with Crippen LogP contribution in [0.1, 0.15) is 44.9 Å². The molecule has 30 heavy (non-hydrogen) atoms. The molecule has 0 saturated heterocycles. The summed E-state index contributed by atoms with van der Waals surface area (Å²) in [4.78, 5) is 46.5. The Bertz CT molecular complexity index is 861. The van der Waals surface area contributed by atoms with Gasteiger partial charge < -0.3 is 32.1 Å². The van der Waals surface area contributed by atoms with Crippen LogP contribution in [0.25, 0.3) is 0 Å². The number of H-pyrrole nitrogens is 2. The monoisotopic (exact) mass is 417 g/mol. The first-order chi connectivity index (χ1) is 14.1. The van der Waals surface area contributed by atoms with Gasteiger partial charge in [-0.15, -0.1) is 0 Å². The highest BCUT2D eigenvalue weighted by molar-refractivity contribution is 5.95. The van der Waals surface area contributed by atoms with E-state index in [1.807, 2.05) is 19.0 Å². The van der Waals surface area contributed by atoms with Crippen molar-refractivity contribution in [3.05, 3.63) is 47.0 Å². The van der Waals surface area contributed by atoms with Crippen LogP contribution in [0.5, 0.6) is 0 Å². The lowest BCUT2D eigenvalue weighted by Crippen LogP contribution is -2.48. The maximum atomic E-state index is 13.0. The fourth-order valence-corrected chi connectivity index (χ4v) is 4.10. The molecule has 0 bridgehead atoms. The number of rotatable bonds is 10. The zero-order chi connectivity index (χ0) is 22.6. The van der Waals surface area contributed by atoms with Crippen LogP contribution in [0.4, 0.5) is 0 Å². The van der Waals surface area contributed by atoms with Crippen molar-refractivity contribution in [3.8, 4) is 0 Å². The number of aromatic nitrogens is 2. The van der Waals surface area contributed by atoms with Crippen molar-refractivity contribution >= 4 is 17.7 Å². The van der Waals surface area contributed by atoms with Crippen molar-refractivity contribution in [3.63, 3.8) is 0 Å². The summed E-state index contributed by atoms with van der Waals surface area (Å²) in [5.74, 6) is -1.86. The largest absolute Gasteiger partial charge is 0.364 e. The smallest absolute Gasteiger partial charge is 0.265 e. The lowest BCUT2D eigenvalue weighted by atomic mass is 9.73. The predicted molar refractivity (Wildman–Crippen MR) is 114 cm³/mol. The van der Waals surface area contributed by atoms with Crippen LogP contribution in [0.2, 0.25) is 0 Å². The van der Waals surface area contributed by atoms with Crippen LogP contribution >= 0.6 is 0 Å². The van der Waals surface area contributed by atoms with Gasteiger partial charge in [0.2, 0.25) is 5.91 Å². The Labute approximate surface area is 175 Å². The Kier molecular flexibility index (Phi) is 7.06. The quantitative estimate of drug-likeness (QED) is 0.360. The number of nitrogens with zero attached hydrogens (tertiary/aromatic N) is 2. The van der Waals surface area contributed by atoms with E-state index in [1.54, 1.807) is 38.6 Å². The van der Waals surface area contributed by atoms with Gasteiger partial charge in [0.05, 0.1) is 5.54 Å². The highest BCUT2D eigenvalue weighted by Crippen LogP contribution is 2.43. The third-order valence-electron chi connectivity index (χ3n) is 5.49. The molecule has 0 saturated carbocycles. The van der Waals surface area contributed by atoms with Crippen molar-refractivity contribution in [1.82, 2.24) is 19.8 Å². The Morgan fingerprint density at radius 1 is 0.967 bits per heavy atom. The lowest BCUT2D eigenvalue weighted by molar-refractivity contribution is -0.134. The van der Waals surface area contributed by atoms with E-state index in [-0.39, 0.29) is 23.7 Å². The Balaban J connectivity index is 2.83. The van der Waals surface area contributed by atoms with Gasteiger partial charge in [0.1, 0.15) is 11.4 Å². The number of aromatic amines is 2. The van der Waals surface area contributed by atoms with Crippen LogP contribution in [0.15, 0.2) is 24.5 Å². The molecule has 10 heteroatoms. The fraction of sp³-hybridized carbons (Fsp3) is 0.450. The minimum absolute atomic E-state index is 0.0982. The molecule has 2 aromatic rings. The van der Waals surface area contributed by atoms with Crippen molar-refractivity contribution in [2.24, 2.45) is 23.1 Å². The van der Waals surface area contributed by atoms with E-state index in [0.717, 1.165) is 0 Å². The standard InChI is InChI=1S/C20H31N7O3/c1-26(2)19(30)12(5-8-21)11-20(27(3)4,13-6-9-24-15(13)17(22)28)14-7-10-25-16(14)18(23)29/h6-7,9-10,12,24-25H,5,8,11,21H2,1-4H3,(H2,22,28)(H2,23,29). The first kappa shape index (κ1) is 23.2. The zero-order valence-corrected chi connectivity index (χ0v) is 17.9. The van der Waals surface area contributed by atoms with Gasteiger partial charge in [-0.05, 0) is 45.6 Å². The topological polar surface area (TPSA) is 167 Å². The summed E-state index contributed by atoms with van der Waals surface area (Å²) in [5.41, 5.74) is 17.5. The SMILES string of the molecule is CN(C)C(=O)C(CCN)CC(c1cc[nH]c1C(N)=O)(c1cc[nH]c1C(N)=O)N(C)C. The highest BCUT2D eigenvalue weighted by Gasteiger charge is 2.45. The zero-order valence-electron chi connectivity index (χ0n) is 17.9. The van der Waals surface area contributed by atoms with Gasteiger partial charge in [-0.3, -0.25) is 19.3 Å². The summed E-state index contributed by atoms with van der Waals surface area (Å²) < 4.78 is 0. The Hall–Kier alpha value is -3.11. The minimum Gasteiger partial charge on any atom is -0.364 e. The molecular formula is C20H31N7O3. The summed E-state index contributed by atoms with van der Waals surface area (Å²) in [6, 6.07) is 3.47. The lowest BCUT2D eigenvalue weighted by Gasteiger charge is -2.43. The molecular weight excluding hydrogens is 386 g/mol. The van der Waals surface area contributed by atoms with Crippen molar-refractivity contribution in [2.75, 3.05) is 34.7 Å². The number of nitrogens with one attached hydrogen (secondary N) is 2. The summed E-state index contributed by atoms with van der Waals surface area (Å²) >= 11 is 0. The molecule has 10 nitrogen and oxygen atoms in total. The molecule has 3 amide bonds. The molecule has 2 aromatic heterocycles. The van der Waals surface area contributed by atoms with E-state index in [1.165, 1.54) is 4.90 Å². The number of amides is 3. The number of primary amides is 2. The second-order valence-electron chi connectivity index (χ2n) is 7.73. The van der Waals surface area contributed by atoms with E-state index in [0.29, 0.717) is 24.1 Å². The van der Waals surface area contributed by atoms with Crippen molar-refractivity contribution in [2.45, 2.75) is 18.4 Å². The summed E-state index contributed by atoms with van der Waals surface area (Å²) in [6.45, 7) is 0.305. The van der Waals surface area contributed by atoms with Crippen LogP contribution in [-0.4, -0.2) is 72.2 Å². The van der Waals surface area contributed by atoms with Gasteiger partial charge in [0.15, 0.2) is 0 Å². The van der Waals surface area contributed by atoms with Gasteiger partial charge in [-0.1, -0.05) is 0 Å². The molecule has 164 valence electrons. The number of nitrogens with two attached hydrogens (primary N) is 3. The molecule has 2 rings (SSSR count). The van der Waals surface area contributed by atoms with Crippen LogP contribution in [0.3, 0.4) is 0 Å². The molecule has 0 aliphatic carbocycles. The first-order valence-corrected chi connectivity index (χ1v) is 9.61. The molecule has 0 fully saturated rings. The van der Waals surface area contributed by atoms with E-state index in [9.17, 15) is 14.4 Å². The molecule has 0 aromatic carbocycles. The summed E-state index contributed by atoms with van der Waals surface area (Å²) in [5, 5.41) is 0. The molecule has 8 N–H and O–H groups in total.